The molecule has 3 heteroatoms. The lowest BCUT2D eigenvalue weighted by atomic mass is 9.92. The summed E-state index contributed by atoms with van der Waals surface area (Å²) in [6, 6.07) is 6.66. The van der Waals surface area contributed by atoms with Crippen LogP contribution in [0.1, 0.15) is 31.9 Å². The minimum Gasteiger partial charge on any atom is -0.493 e. The van der Waals surface area contributed by atoms with Crippen molar-refractivity contribution in [1.29, 1.82) is 0 Å². The van der Waals surface area contributed by atoms with Crippen molar-refractivity contribution in [3.63, 3.8) is 0 Å². The van der Waals surface area contributed by atoms with Crippen LogP contribution in [-0.4, -0.2) is 13.2 Å². The van der Waals surface area contributed by atoms with Crippen LogP contribution in [0.3, 0.4) is 0 Å². The minimum absolute atomic E-state index is 0.418. The quantitative estimate of drug-likeness (QED) is 0.917. The van der Waals surface area contributed by atoms with Crippen LogP contribution in [-0.2, 0) is 0 Å². The Bertz CT molecular complexity index is 367. The first kappa shape index (κ1) is 11.9. The average molecular weight is 284 g/mol. The molecule has 0 radical (unpaired) electrons. The molecule has 1 N–H and O–H groups in total. The maximum atomic E-state index is 5.74. The Morgan fingerprint density at radius 1 is 1.50 bits per heavy atom. The van der Waals surface area contributed by atoms with Crippen LogP contribution in [0.5, 0.6) is 5.75 Å². The van der Waals surface area contributed by atoms with Gasteiger partial charge in [-0.3, -0.25) is 0 Å². The highest BCUT2D eigenvalue weighted by atomic mass is 79.9. The van der Waals surface area contributed by atoms with E-state index in [1.165, 1.54) is 5.56 Å². The van der Waals surface area contributed by atoms with E-state index < -0.39 is 0 Å². The summed E-state index contributed by atoms with van der Waals surface area (Å²) >= 11 is 3.52. The first-order chi connectivity index (χ1) is 7.72. The normalized spacial score (nSPS) is 23.7. The van der Waals surface area contributed by atoms with Crippen LogP contribution < -0.4 is 10.1 Å². The predicted octanol–water partition coefficient (Wildman–Crippen LogP) is 3.52. The molecule has 0 bridgehead atoms. The Balaban J connectivity index is 2.27. The Labute approximate surface area is 106 Å². The van der Waals surface area contributed by atoms with Crippen LogP contribution >= 0.6 is 15.9 Å². The largest absolute Gasteiger partial charge is 0.493 e. The zero-order valence-electron chi connectivity index (χ0n) is 9.79. The van der Waals surface area contributed by atoms with E-state index in [1.807, 2.05) is 12.1 Å². The number of nitrogens with one attached hydrogen (secondary N) is 1. The van der Waals surface area contributed by atoms with Crippen molar-refractivity contribution in [3.05, 3.63) is 28.2 Å². The number of benzene rings is 1. The molecular formula is C13H18BrNO. The van der Waals surface area contributed by atoms with Crippen molar-refractivity contribution >= 4 is 15.9 Å². The van der Waals surface area contributed by atoms with E-state index in [-0.39, 0.29) is 0 Å². The van der Waals surface area contributed by atoms with Crippen molar-refractivity contribution < 1.29 is 4.74 Å². The highest BCUT2D eigenvalue weighted by Gasteiger charge is 2.27. The summed E-state index contributed by atoms with van der Waals surface area (Å²) in [5, 5.41) is 3.60. The second-order valence-corrected chi connectivity index (χ2v) is 5.32. The fourth-order valence-corrected chi connectivity index (χ4v) is 2.51. The molecular weight excluding hydrogens is 266 g/mol. The molecule has 0 aliphatic carbocycles. The van der Waals surface area contributed by atoms with Gasteiger partial charge >= 0.3 is 0 Å². The summed E-state index contributed by atoms with van der Waals surface area (Å²) in [5.41, 5.74) is 1.28. The second-order valence-electron chi connectivity index (χ2n) is 4.40. The molecule has 2 nitrogen and oxygen atoms in total. The molecule has 0 saturated carbocycles. The van der Waals surface area contributed by atoms with Gasteiger partial charge in [-0.2, -0.15) is 0 Å². The summed E-state index contributed by atoms with van der Waals surface area (Å²) in [7, 11) is 0. The number of fused-ring (bicyclic) bond motifs is 1. The Hall–Kier alpha value is -0.540. The zero-order valence-corrected chi connectivity index (χ0v) is 11.4. The highest BCUT2D eigenvalue weighted by Crippen LogP contribution is 2.36. The molecule has 1 heterocycles. The van der Waals surface area contributed by atoms with E-state index in [2.05, 4.69) is 41.2 Å². The van der Waals surface area contributed by atoms with Crippen LogP contribution in [0.4, 0.5) is 0 Å². The molecule has 1 aromatic carbocycles. The fourth-order valence-electron chi connectivity index (χ4n) is 2.13. The van der Waals surface area contributed by atoms with Gasteiger partial charge in [-0.05, 0) is 31.2 Å². The number of hydrogen-bond donors (Lipinski definition) is 1. The van der Waals surface area contributed by atoms with E-state index in [9.17, 15) is 0 Å². The van der Waals surface area contributed by atoms with Gasteiger partial charge in [0.1, 0.15) is 5.75 Å². The molecule has 1 aliphatic rings. The van der Waals surface area contributed by atoms with E-state index >= 15 is 0 Å². The lowest BCUT2D eigenvalue weighted by molar-refractivity contribution is 0.189. The smallest absolute Gasteiger partial charge is 0.124 e. The first-order valence-corrected chi connectivity index (χ1v) is 6.67. The SMILES string of the molecule is CCCNC1c2cc(Br)ccc2OCC1C. The summed E-state index contributed by atoms with van der Waals surface area (Å²) in [5.74, 6) is 1.54. The Morgan fingerprint density at radius 2 is 2.31 bits per heavy atom. The van der Waals surface area contributed by atoms with Crippen molar-refractivity contribution in [2.45, 2.75) is 26.3 Å². The van der Waals surface area contributed by atoms with E-state index in [0.29, 0.717) is 12.0 Å². The van der Waals surface area contributed by atoms with Crippen molar-refractivity contribution in [2.24, 2.45) is 5.92 Å². The summed E-state index contributed by atoms with van der Waals surface area (Å²) < 4.78 is 6.86. The van der Waals surface area contributed by atoms with Gasteiger partial charge in [0.05, 0.1) is 6.61 Å². The highest BCUT2D eigenvalue weighted by molar-refractivity contribution is 9.10. The molecule has 16 heavy (non-hydrogen) atoms. The third-order valence-electron chi connectivity index (χ3n) is 2.99. The lowest BCUT2D eigenvalue weighted by Crippen LogP contribution is -2.34. The standard InChI is InChI=1S/C13H18BrNO/c1-3-6-15-13-9(2)8-16-12-5-4-10(14)7-11(12)13/h4-5,7,9,13,15H,3,6,8H2,1-2H3. The summed E-state index contributed by atoms with van der Waals surface area (Å²) in [4.78, 5) is 0. The van der Waals surface area contributed by atoms with E-state index in [1.54, 1.807) is 0 Å². The molecule has 0 fully saturated rings. The molecule has 1 aromatic rings. The van der Waals surface area contributed by atoms with Crippen LogP contribution in [0, 0.1) is 5.92 Å². The van der Waals surface area contributed by atoms with Crippen molar-refractivity contribution in [1.82, 2.24) is 5.32 Å². The Kier molecular flexibility index (Phi) is 3.87. The molecule has 2 rings (SSSR count). The summed E-state index contributed by atoms with van der Waals surface area (Å²) in [6.07, 6.45) is 1.16. The van der Waals surface area contributed by atoms with Gasteiger partial charge in [0, 0.05) is 22.0 Å². The lowest BCUT2D eigenvalue weighted by Gasteiger charge is -2.32. The molecule has 2 atom stereocenters. The molecule has 1 aliphatic heterocycles. The van der Waals surface area contributed by atoms with Gasteiger partial charge in [0.2, 0.25) is 0 Å². The van der Waals surface area contributed by atoms with Gasteiger partial charge in [-0.15, -0.1) is 0 Å². The van der Waals surface area contributed by atoms with Gasteiger partial charge in [-0.1, -0.05) is 29.8 Å². The molecule has 0 saturated heterocycles. The fraction of sp³-hybridized carbons (Fsp3) is 0.538. The molecule has 0 spiro atoms. The third kappa shape index (κ3) is 2.41. The van der Waals surface area contributed by atoms with Gasteiger partial charge in [0.25, 0.3) is 0 Å². The number of ether oxygens (including phenoxy) is 1. The topological polar surface area (TPSA) is 21.3 Å². The zero-order chi connectivity index (χ0) is 11.5. The number of halogens is 1. The predicted molar refractivity (Wildman–Crippen MR) is 69.8 cm³/mol. The third-order valence-corrected chi connectivity index (χ3v) is 3.49. The maximum Gasteiger partial charge on any atom is 0.124 e. The van der Waals surface area contributed by atoms with Crippen LogP contribution in [0.25, 0.3) is 0 Å². The molecule has 2 unspecified atom stereocenters. The molecule has 88 valence electrons. The van der Waals surface area contributed by atoms with Crippen LogP contribution in [0.2, 0.25) is 0 Å². The monoisotopic (exact) mass is 283 g/mol. The van der Waals surface area contributed by atoms with Crippen molar-refractivity contribution in [3.8, 4) is 5.75 Å². The second kappa shape index (κ2) is 5.19. The average Bonchev–Trinajstić information content (AvgIpc) is 2.28. The van der Waals surface area contributed by atoms with Crippen LogP contribution in [0.15, 0.2) is 22.7 Å². The molecule has 0 amide bonds. The maximum absolute atomic E-state index is 5.74. The summed E-state index contributed by atoms with van der Waals surface area (Å²) in [6.45, 7) is 6.28. The van der Waals surface area contributed by atoms with Gasteiger partial charge in [-0.25, -0.2) is 0 Å². The van der Waals surface area contributed by atoms with Gasteiger partial charge in [0.15, 0.2) is 0 Å². The van der Waals surface area contributed by atoms with Gasteiger partial charge < -0.3 is 10.1 Å². The minimum atomic E-state index is 0.418. The number of rotatable bonds is 3. The van der Waals surface area contributed by atoms with Crippen molar-refractivity contribution in [2.75, 3.05) is 13.2 Å². The van der Waals surface area contributed by atoms with E-state index in [4.69, 9.17) is 4.74 Å². The number of hydrogen-bond acceptors (Lipinski definition) is 2. The first-order valence-electron chi connectivity index (χ1n) is 5.88. The Morgan fingerprint density at radius 3 is 3.06 bits per heavy atom. The molecule has 0 aromatic heterocycles. The van der Waals surface area contributed by atoms with E-state index in [0.717, 1.165) is 29.8 Å².